The van der Waals surface area contributed by atoms with Crippen LogP contribution in [0.4, 0.5) is 0 Å². The summed E-state index contributed by atoms with van der Waals surface area (Å²) in [5.41, 5.74) is 5.73. The van der Waals surface area contributed by atoms with E-state index in [1.165, 1.54) is 12.1 Å². The number of aldehydes is 1. The van der Waals surface area contributed by atoms with Crippen molar-refractivity contribution in [3.05, 3.63) is 23.3 Å². The average molecular weight is 206 g/mol. The van der Waals surface area contributed by atoms with Gasteiger partial charge in [-0.3, -0.25) is 4.79 Å². The van der Waals surface area contributed by atoms with Crippen molar-refractivity contribution in [1.82, 2.24) is 0 Å². The summed E-state index contributed by atoms with van der Waals surface area (Å²) < 4.78 is 0. The Morgan fingerprint density at radius 2 is 2.27 bits per heavy atom. The van der Waals surface area contributed by atoms with E-state index in [9.17, 15) is 9.90 Å². The van der Waals surface area contributed by atoms with Crippen molar-refractivity contribution in [3.63, 3.8) is 0 Å². The Hall–Kier alpha value is -2.03. The topological polar surface area (TPSA) is 98.6 Å². The Bertz CT molecular complexity index is 432. The van der Waals surface area contributed by atoms with Gasteiger partial charge in [0, 0.05) is 6.07 Å². The van der Waals surface area contributed by atoms with E-state index in [0.717, 1.165) is 0 Å². The van der Waals surface area contributed by atoms with Gasteiger partial charge in [0.25, 0.3) is 0 Å². The minimum atomic E-state index is -0.205. The molecule has 0 saturated carbocycles. The van der Waals surface area contributed by atoms with E-state index in [-0.39, 0.29) is 23.6 Å². The highest BCUT2D eigenvalue weighted by atomic mass is 16.6. The molecule has 0 spiro atoms. The van der Waals surface area contributed by atoms with Crippen LogP contribution in [0.15, 0.2) is 12.1 Å². The van der Waals surface area contributed by atoms with Gasteiger partial charge in [-0.15, -0.1) is 0 Å². The van der Waals surface area contributed by atoms with Crippen LogP contribution in [0.1, 0.15) is 15.9 Å². The maximum atomic E-state index is 10.5. The molecule has 1 aromatic rings. The van der Waals surface area contributed by atoms with E-state index in [2.05, 4.69) is 16.7 Å². The minimum Gasteiger partial charge on any atom is -0.507 e. The zero-order chi connectivity index (χ0) is 11.3. The predicted molar refractivity (Wildman–Crippen MR) is 54.2 cm³/mol. The third kappa shape index (κ3) is 2.47. The van der Waals surface area contributed by atoms with Gasteiger partial charge in [-0.25, -0.2) is 0 Å². The first-order chi connectivity index (χ1) is 7.22. The summed E-state index contributed by atoms with van der Waals surface area (Å²) >= 11 is 0. The van der Waals surface area contributed by atoms with Crippen LogP contribution in [0, 0.1) is 11.8 Å². The van der Waals surface area contributed by atoms with Crippen LogP contribution >= 0.6 is 0 Å². The molecule has 1 aromatic carbocycles. The first-order valence-corrected chi connectivity index (χ1v) is 4.10. The van der Waals surface area contributed by atoms with Crippen molar-refractivity contribution in [2.24, 2.45) is 11.6 Å². The van der Waals surface area contributed by atoms with Crippen molar-refractivity contribution < 1.29 is 14.7 Å². The summed E-state index contributed by atoms with van der Waals surface area (Å²) in [4.78, 5) is 15.1. The molecule has 0 aliphatic rings. The lowest BCUT2D eigenvalue weighted by Gasteiger charge is -2.04. The van der Waals surface area contributed by atoms with E-state index in [0.29, 0.717) is 11.8 Å². The molecule has 0 aliphatic carbocycles. The average Bonchev–Trinajstić information content (AvgIpc) is 2.26. The normalized spacial score (nSPS) is 8.93. The number of nitrogens with two attached hydrogens (primary N) is 2. The van der Waals surface area contributed by atoms with Gasteiger partial charge in [0.05, 0.1) is 17.7 Å². The Balaban J connectivity index is 3.28. The van der Waals surface area contributed by atoms with E-state index < -0.39 is 0 Å². The molecule has 0 saturated heterocycles. The SMILES string of the molecule is NCC#Cc1cc(C=O)c(O)cc1ON. The molecule has 5 N–H and O–H groups in total. The molecule has 0 aliphatic heterocycles. The fourth-order valence-electron chi connectivity index (χ4n) is 1.02. The number of hydrogen-bond donors (Lipinski definition) is 3. The number of hydrogen-bond acceptors (Lipinski definition) is 5. The molecule has 0 bridgehead atoms. The Morgan fingerprint density at radius 3 is 2.80 bits per heavy atom. The first kappa shape index (κ1) is 11.0. The predicted octanol–water partition coefficient (Wildman–Crippen LogP) is -0.233. The Morgan fingerprint density at radius 1 is 1.53 bits per heavy atom. The van der Waals surface area contributed by atoms with Gasteiger partial charge in [0.1, 0.15) is 5.75 Å². The van der Waals surface area contributed by atoms with Crippen LogP contribution in [0.5, 0.6) is 11.5 Å². The molecule has 1 rings (SSSR count). The molecule has 0 heterocycles. The molecule has 0 amide bonds. The van der Waals surface area contributed by atoms with Gasteiger partial charge in [0.15, 0.2) is 12.0 Å². The van der Waals surface area contributed by atoms with Gasteiger partial charge in [-0.2, -0.15) is 5.90 Å². The molecule has 5 heteroatoms. The zero-order valence-electron chi connectivity index (χ0n) is 7.86. The second kappa shape index (κ2) is 5.00. The Kier molecular flexibility index (Phi) is 3.68. The van der Waals surface area contributed by atoms with Crippen molar-refractivity contribution in [2.45, 2.75) is 0 Å². The molecule has 78 valence electrons. The third-order valence-corrected chi connectivity index (χ3v) is 1.71. The number of phenolic OH excluding ortho intramolecular Hbond substituents is 1. The molecule has 0 unspecified atom stereocenters. The maximum absolute atomic E-state index is 10.5. The number of aromatic hydroxyl groups is 1. The first-order valence-electron chi connectivity index (χ1n) is 4.10. The van der Waals surface area contributed by atoms with Crippen LogP contribution < -0.4 is 16.5 Å². The second-order valence-electron chi connectivity index (χ2n) is 2.65. The minimum absolute atomic E-state index is 0.122. The van der Waals surface area contributed by atoms with Crippen molar-refractivity contribution in [1.29, 1.82) is 0 Å². The van der Waals surface area contributed by atoms with Gasteiger partial charge >= 0.3 is 0 Å². The summed E-state index contributed by atoms with van der Waals surface area (Å²) in [6, 6.07) is 2.61. The van der Waals surface area contributed by atoms with Gasteiger partial charge in [0.2, 0.25) is 0 Å². The number of rotatable bonds is 2. The van der Waals surface area contributed by atoms with Crippen LogP contribution in [-0.4, -0.2) is 17.9 Å². The molecule has 0 aromatic heterocycles. The van der Waals surface area contributed by atoms with E-state index >= 15 is 0 Å². The second-order valence-corrected chi connectivity index (χ2v) is 2.65. The zero-order valence-corrected chi connectivity index (χ0v) is 7.86. The largest absolute Gasteiger partial charge is 0.507 e. The van der Waals surface area contributed by atoms with Gasteiger partial charge in [-0.05, 0) is 6.07 Å². The van der Waals surface area contributed by atoms with E-state index in [1.807, 2.05) is 0 Å². The van der Waals surface area contributed by atoms with Gasteiger partial charge < -0.3 is 15.7 Å². The fraction of sp³-hybridized carbons (Fsp3) is 0.100. The summed E-state index contributed by atoms with van der Waals surface area (Å²) in [6.45, 7) is 0.182. The molecule has 5 nitrogen and oxygen atoms in total. The lowest BCUT2D eigenvalue weighted by atomic mass is 10.1. The molecule has 0 radical (unpaired) electrons. The fourth-order valence-corrected chi connectivity index (χ4v) is 1.02. The summed E-state index contributed by atoms with van der Waals surface area (Å²) in [5, 5.41) is 9.33. The highest BCUT2D eigenvalue weighted by Gasteiger charge is 2.07. The highest BCUT2D eigenvalue weighted by Crippen LogP contribution is 2.26. The number of carbonyl (C=O) groups is 1. The molecular formula is C10H10N2O3. The number of benzene rings is 1. The number of phenols is 1. The van der Waals surface area contributed by atoms with Crippen molar-refractivity contribution >= 4 is 6.29 Å². The summed E-state index contributed by atoms with van der Waals surface area (Å²) in [7, 11) is 0. The number of carbonyl (C=O) groups excluding carboxylic acids is 1. The monoisotopic (exact) mass is 206 g/mol. The van der Waals surface area contributed by atoms with Crippen LogP contribution in [0.2, 0.25) is 0 Å². The third-order valence-electron chi connectivity index (χ3n) is 1.71. The highest BCUT2D eigenvalue weighted by molar-refractivity contribution is 5.81. The van der Waals surface area contributed by atoms with E-state index in [1.54, 1.807) is 0 Å². The quantitative estimate of drug-likeness (QED) is 0.352. The van der Waals surface area contributed by atoms with Crippen molar-refractivity contribution in [2.75, 3.05) is 6.54 Å². The van der Waals surface area contributed by atoms with Crippen LogP contribution in [-0.2, 0) is 0 Å². The van der Waals surface area contributed by atoms with Crippen molar-refractivity contribution in [3.8, 4) is 23.3 Å². The summed E-state index contributed by atoms with van der Waals surface area (Å²) in [5.74, 6) is 10.2. The molecule has 0 fully saturated rings. The van der Waals surface area contributed by atoms with Crippen LogP contribution in [0.3, 0.4) is 0 Å². The standard InChI is InChI=1S/C10H10N2O3/c11-3-1-2-7-4-8(6-13)9(14)5-10(7)15-12/h4-6,14H,3,11-12H2. The Labute approximate surface area is 86.6 Å². The maximum Gasteiger partial charge on any atom is 0.166 e. The summed E-state index contributed by atoms with van der Waals surface area (Å²) in [6.07, 6.45) is 0.517. The van der Waals surface area contributed by atoms with E-state index in [4.69, 9.17) is 11.6 Å². The van der Waals surface area contributed by atoms with Gasteiger partial charge in [-0.1, -0.05) is 11.8 Å². The molecular weight excluding hydrogens is 196 g/mol. The molecule has 0 atom stereocenters. The lowest BCUT2D eigenvalue weighted by Crippen LogP contribution is -2.04. The smallest absolute Gasteiger partial charge is 0.166 e. The lowest BCUT2D eigenvalue weighted by molar-refractivity contribution is 0.112. The molecule has 15 heavy (non-hydrogen) atoms. The van der Waals surface area contributed by atoms with Crippen LogP contribution in [0.25, 0.3) is 0 Å².